The van der Waals surface area contributed by atoms with Gasteiger partial charge in [-0.2, -0.15) is 0 Å². The summed E-state index contributed by atoms with van der Waals surface area (Å²) >= 11 is 0. The first-order valence-corrected chi connectivity index (χ1v) is 8.24. The normalized spacial score (nSPS) is 10.7. The van der Waals surface area contributed by atoms with Crippen molar-refractivity contribution in [1.82, 2.24) is 14.7 Å². The average molecular weight is 362 g/mol. The van der Waals surface area contributed by atoms with Crippen molar-refractivity contribution in [2.24, 2.45) is 0 Å². The Kier molecular flexibility index (Phi) is 4.25. The van der Waals surface area contributed by atoms with Gasteiger partial charge in [0.1, 0.15) is 22.8 Å². The van der Waals surface area contributed by atoms with E-state index < -0.39 is 11.7 Å². The Hall–Kier alpha value is -3.74. The van der Waals surface area contributed by atoms with Crippen LogP contribution in [0.25, 0.3) is 16.9 Å². The zero-order valence-electron chi connectivity index (χ0n) is 14.4. The number of nitrogens with one attached hydrogen (secondary N) is 1. The molecule has 4 rings (SSSR count). The molecule has 0 radical (unpaired) electrons. The van der Waals surface area contributed by atoms with Crippen molar-refractivity contribution < 1.29 is 13.7 Å². The van der Waals surface area contributed by atoms with Gasteiger partial charge in [-0.3, -0.25) is 4.79 Å². The minimum atomic E-state index is -0.476. The van der Waals surface area contributed by atoms with E-state index in [1.807, 2.05) is 30.3 Å². The van der Waals surface area contributed by atoms with Crippen molar-refractivity contribution in [3.05, 3.63) is 84.4 Å². The molecule has 6 nitrogen and oxygen atoms in total. The molecule has 0 aliphatic rings. The maximum Gasteiger partial charge on any atom is 0.261 e. The molecule has 0 saturated carbocycles. The number of aryl methyl sites for hydroxylation is 1. The summed E-state index contributed by atoms with van der Waals surface area (Å²) in [5, 5.41) is 6.70. The second-order valence-corrected chi connectivity index (χ2v) is 5.92. The number of imidazole rings is 1. The quantitative estimate of drug-likeness (QED) is 0.590. The molecule has 134 valence electrons. The number of anilines is 1. The van der Waals surface area contributed by atoms with Crippen LogP contribution in [0.1, 0.15) is 16.1 Å². The average Bonchev–Trinajstić information content (AvgIpc) is 3.32. The summed E-state index contributed by atoms with van der Waals surface area (Å²) in [6.45, 7) is 1.66. The van der Waals surface area contributed by atoms with Gasteiger partial charge in [0.2, 0.25) is 0 Å². The molecule has 0 unspecified atom stereocenters. The van der Waals surface area contributed by atoms with Gasteiger partial charge in [-0.05, 0) is 25.1 Å². The number of rotatable bonds is 4. The minimum Gasteiger partial charge on any atom is -0.360 e. The molecule has 4 aromatic rings. The second kappa shape index (κ2) is 6.87. The van der Waals surface area contributed by atoms with Gasteiger partial charge in [0.15, 0.2) is 0 Å². The summed E-state index contributed by atoms with van der Waals surface area (Å²) in [7, 11) is 0. The molecular formula is C20H15FN4O2. The number of aromatic nitrogens is 3. The Bertz CT molecular complexity index is 1090. The van der Waals surface area contributed by atoms with Crippen LogP contribution in [0.3, 0.4) is 0 Å². The number of halogens is 1. The van der Waals surface area contributed by atoms with Gasteiger partial charge < -0.3 is 14.4 Å². The van der Waals surface area contributed by atoms with Crippen molar-refractivity contribution in [3.63, 3.8) is 0 Å². The maximum absolute atomic E-state index is 14.4. The highest BCUT2D eigenvalue weighted by Gasteiger charge is 2.22. The smallest absolute Gasteiger partial charge is 0.261 e. The van der Waals surface area contributed by atoms with E-state index in [9.17, 15) is 9.18 Å². The minimum absolute atomic E-state index is 0.320. The summed E-state index contributed by atoms with van der Waals surface area (Å²) in [5.41, 5.74) is 2.21. The molecule has 27 heavy (non-hydrogen) atoms. The molecule has 7 heteroatoms. The van der Waals surface area contributed by atoms with Crippen LogP contribution in [0.2, 0.25) is 0 Å². The largest absolute Gasteiger partial charge is 0.360 e. The van der Waals surface area contributed by atoms with Crippen molar-refractivity contribution in [1.29, 1.82) is 0 Å². The van der Waals surface area contributed by atoms with Crippen LogP contribution in [-0.4, -0.2) is 20.6 Å². The molecule has 0 aliphatic carbocycles. The maximum atomic E-state index is 14.4. The van der Waals surface area contributed by atoms with Gasteiger partial charge >= 0.3 is 0 Å². The zero-order chi connectivity index (χ0) is 18.8. The number of nitrogens with zero attached hydrogens (tertiary/aromatic N) is 3. The Labute approximate surface area is 154 Å². The Balaban J connectivity index is 1.62. The van der Waals surface area contributed by atoms with Gasteiger partial charge in [0, 0.05) is 23.6 Å². The number of carbonyl (C=O) groups excluding carboxylic acids is 1. The first kappa shape index (κ1) is 16.7. The fourth-order valence-corrected chi connectivity index (χ4v) is 2.82. The van der Waals surface area contributed by atoms with Crippen LogP contribution < -0.4 is 5.32 Å². The fraction of sp³-hybridized carbons (Fsp3) is 0.0500. The van der Waals surface area contributed by atoms with Crippen molar-refractivity contribution in [2.45, 2.75) is 6.92 Å². The third-order valence-electron chi connectivity index (χ3n) is 4.13. The topological polar surface area (TPSA) is 73.0 Å². The molecule has 1 N–H and O–H groups in total. The van der Waals surface area contributed by atoms with E-state index in [0.717, 1.165) is 5.56 Å². The molecule has 1 amide bonds. The van der Waals surface area contributed by atoms with Crippen LogP contribution in [0.4, 0.5) is 10.1 Å². The molecule has 0 saturated heterocycles. The lowest BCUT2D eigenvalue weighted by Gasteiger charge is -2.09. The number of carbonyl (C=O) groups is 1. The molecule has 0 fully saturated rings. The molecule has 0 bridgehead atoms. The van der Waals surface area contributed by atoms with E-state index in [1.54, 1.807) is 36.0 Å². The summed E-state index contributed by atoms with van der Waals surface area (Å²) in [4.78, 5) is 16.7. The summed E-state index contributed by atoms with van der Waals surface area (Å²) in [6, 6.07) is 13.7. The summed E-state index contributed by atoms with van der Waals surface area (Å²) in [6.07, 6.45) is 4.71. The predicted molar refractivity (Wildman–Crippen MR) is 98.2 cm³/mol. The Morgan fingerprint density at radius 1 is 1.19 bits per heavy atom. The van der Waals surface area contributed by atoms with Gasteiger partial charge in [-0.1, -0.05) is 35.5 Å². The Morgan fingerprint density at radius 2 is 2.00 bits per heavy atom. The lowest BCUT2D eigenvalue weighted by atomic mass is 10.1. The molecular weight excluding hydrogens is 347 g/mol. The van der Waals surface area contributed by atoms with Crippen molar-refractivity contribution in [3.8, 4) is 16.9 Å². The van der Waals surface area contributed by atoms with E-state index >= 15 is 0 Å². The number of benzene rings is 2. The highest BCUT2D eigenvalue weighted by Crippen LogP contribution is 2.26. The number of hydrogen-bond donors (Lipinski definition) is 1. The van der Waals surface area contributed by atoms with Crippen LogP contribution in [0.15, 0.2) is 71.8 Å². The van der Waals surface area contributed by atoms with E-state index in [-0.39, 0.29) is 0 Å². The SMILES string of the molecule is Cc1onc(-c2ccccc2)c1C(=O)Nc1ccc(-n2ccnc2)c(F)c1. The monoisotopic (exact) mass is 362 g/mol. The van der Waals surface area contributed by atoms with Gasteiger partial charge in [0.05, 0.1) is 12.0 Å². The molecule has 0 aliphatic heterocycles. The second-order valence-electron chi connectivity index (χ2n) is 5.92. The van der Waals surface area contributed by atoms with Crippen molar-refractivity contribution >= 4 is 11.6 Å². The van der Waals surface area contributed by atoms with E-state index in [1.165, 1.54) is 12.4 Å². The van der Waals surface area contributed by atoms with Gasteiger partial charge in [-0.15, -0.1) is 0 Å². The third-order valence-corrected chi connectivity index (χ3v) is 4.13. The zero-order valence-corrected chi connectivity index (χ0v) is 14.4. The highest BCUT2D eigenvalue weighted by atomic mass is 19.1. The standard InChI is InChI=1S/C20H15FN4O2/c1-13-18(19(24-27-13)14-5-3-2-4-6-14)20(26)23-15-7-8-17(16(21)11-15)25-10-9-22-12-25/h2-12H,1H3,(H,23,26). The molecule has 2 heterocycles. The number of amides is 1. The van der Waals surface area contributed by atoms with E-state index in [2.05, 4.69) is 15.5 Å². The summed E-state index contributed by atoms with van der Waals surface area (Å²) < 4.78 is 21.2. The van der Waals surface area contributed by atoms with Crippen LogP contribution >= 0.6 is 0 Å². The fourth-order valence-electron chi connectivity index (χ4n) is 2.82. The Morgan fingerprint density at radius 3 is 2.70 bits per heavy atom. The van der Waals surface area contributed by atoms with Crippen LogP contribution in [0.5, 0.6) is 0 Å². The first-order chi connectivity index (χ1) is 13.1. The molecule has 0 spiro atoms. The van der Waals surface area contributed by atoms with Crippen molar-refractivity contribution in [2.75, 3.05) is 5.32 Å². The van der Waals surface area contributed by atoms with Gasteiger partial charge in [-0.25, -0.2) is 9.37 Å². The van der Waals surface area contributed by atoms with Crippen LogP contribution in [0, 0.1) is 12.7 Å². The number of hydrogen-bond acceptors (Lipinski definition) is 4. The lowest BCUT2D eigenvalue weighted by molar-refractivity contribution is 0.102. The molecule has 0 atom stereocenters. The lowest BCUT2D eigenvalue weighted by Crippen LogP contribution is -2.14. The van der Waals surface area contributed by atoms with E-state index in [0.29, 0.717) is 28.4 Å². The third kappa shape index (κ3) is 3.22. The van der Waals surface area contributed by atoms with E-state index in [4.69, 9.17) is 4.52 Å². The molecule has 2 aromatic heterocycles. The molecule has 2 aromatic carbocycles. The highest BCUT2D eigenvalue weighted by molar-refractivity contribution is 6.08. The first-order valence-electron chi connectivity index (χ1n) is 8.24. The predicted octanol–water partition coefficient (Wildman–Crippen LogP) is 4.23. The summed E-state index contributed by atoms with van der Waals surface area (Å²) in [5.74, 6) is -0.500. The van der Waals surface area contributed by atoms with Crippen LogP contribution in [-0.2, 0) is 0 Å². The van der Waals surface area contributed by atoms with Gasteiger partial charge in [0.25, 0.3) is 5.91 Å².